The second-order valence-corrected chi connectivity index (χ2v) is 3.98. The zero-order valence-electron chi connectivity index (χ0n) is 8.12. The van der Waals surface area contributed by atoms with E-state index in [0.717, 1.165) is 6.54 Å². The van der Waals surface area contributed by atoms with Gasteiger partial charge in [0.1, 0.15) is 0 Å². The predicted octanol–water partition coefficient (Wildman–Crippen LogP) is 3.24. The number of benzene rings is 1. The number of unbranched alkanes of at least 4 members (excludes halogenated alkanes) is 1. The molecule has 0 bridgehead atoms. The first kappa shape index (κ1) is 10.5. The molecular weight excluding hydrogens is 178 g/mol. The maximum atomic E-state index is 3.39. The van der Waals surface area contributed by atoms with Crippen LogP contribution < -0.4 is 5.32 Å². The van der Waals surface area contributed by atoms with Crippen molar-refractivity contribution in [2.24, 2.45) is 0 Å². The number of rotatable bonds is 6. The Kier molecular flexibility index (Phi) is 5.50. The molecule has 0 aliphatic heterocycles. The van der Waals surface area contributed by atoms with Gasteiger partial charge in [-0.15, -0.1) is 0 Å². The lowest BCUT2D eigenvalue weighted by Gasteiger charge is -2.04. The Labute approximate surface area is 84.9 Å². The van der Waals surface area contributed by atoms with Crippen molar-refractivity contribution < 1.29 is 0 Å². The Hall–Kier alpha value is -0.630. The van der Waals surface area contributed by atoms with E-state index < -0.39 is 0 Å². The van der Waals surface area contributed by atoms with Crippen LogP contribution in [0.15, 0.2) is 30.3 Å². The number of hydrogen-bond donors (Lipinski definition) is 1. The van der Waals surface area contributed by atoms with Crippen molar-refractivity contribution in [2.45, 2.75) is 12.8 Å². The fourth-order valence-corrected chi connectivity index (χ4v) is 1.65. The summed E-state index contributed by atoms with van der Waals surface area (Å²) in [5, 5.41) is 3.39. The monoisotopic (exact) mass is 195 g/mol. The van der Waals surface area contributed by atoms with Crippen LogP contribution in [0.4, 0.5) is 5.69 Å². The molecule has 72 valence electrons. The van der Waals surface area contributed by atoms with E-state index in [0.29, 0.717) is 0 Å². The number of para-hydroxylation sites is 1. The lowest BCUT2D eigenvalue weighted by molar-refractivity contribution is 0.843. The molecule has 0 spiro atoms. The third-order valence-electron chi connectivity index (χ3n) is 1.88. The molecule has 0 radical (unpaired) electrons. The Morgan fingerprint density at radius 2 is 1.92 bits per heavy atom. The van der Waals surface area contributed by atoms with Gasteiger partial charge in [-0.25, -0.2) is 0 Å². The van der Waals surface area contributed by atoms with Gasteiger partial charge in [-0.3, -0.25) is 0 Å². The molecule has 1 aromatic rings. The van der Waals surface area contributed by atoms with Gasteiger partial charge in [0.15, 0.2) is 0 Å². The summed E-state index contributed by atoms with van der Waals surface area (Å²) in [6.07, 6.45) is 4.72. The molecule has 1 N–H and O–H groups in total. The average Bonchev–Trinajstić information content (AvgIpc) is 2.19. The van der Waals surface area contributed by atoms with Crippen LogP contribution in [-0.2, 0) is 0 Å². The molecule has 1 rings (SSSR count). The first-order valence-electron chi connectivity index (χ1n) is 4.71. The minimum atomic E-state index is 1.09. The summed E-state index contributed by atoms with van der Waals surface area (Å²) in [6, 6.07) is 10.4. The highest BCUT2D eigenvalue weighted by molar-refractivity contribution is 7.98. The third-order valence-corrected chi connectivity index (χ3v) is 2.58. The van der Waals surface area contributed by atoms with Gasteiger partial charge in [0.05, 0.1) is 0 Å². The summed E-state index contributed by atoms with van der Waals surface area (Å²) < 4.78 is 0. The van der Waals surface area contributed by atoms with Gasteiger partial charge < -0.3 is 5.32 Å². The number of anilines is 1. The summed E-state index contributed by atoms with van der Waals surface area (Å²) >= 11 is 1.92. The first-order chi connectivity index (χ1) is 6.43. The van der Waals surface area contributed by atoms with Crippen molar-refractivity contribution in [3.05, 3.63) is 30.3 Å². The molecule has 0 aromatic heterocycles. The minimum absolute atomic E-state index is 1.09. The van der Waals surface area contributed by atoms with Gasteiger partial charge in [0.2, 0.25) is 0 Å². The Morgan fingerprint density at radius 3 is 2.62 bits per heavy atom. The zero-order valence-corrected chi connectivity index (χ0v) is 8.94. The average molecular weight is 195 g/mol. The highest BCUT2D eigenvalue weighted by Crippen LogP contribution is 2.05. The summed E-state index contributed by atoms with van der Waals surface area (Å²) in [4.78, 5) is 0. The molecule has 0 heterocycles. The van der Waals surface area contributed by atoms with Crippen molar-refractivity contribution in [1.29, 1.82) is 0 Å². The molecular formula is C11H17NS. The SMILES string of the molecule is CSCCCCNc1ccccc1. The lowest BCUT2D eigenvalue weighted by atomic mass is 10.3. The number of thioether (sulfide) groups is 1. The molecule has 0 unspecified atom stereocenters. The summed E-state index contributed by atoms with van der Waals surface area (Å²) in [7, 11) is 0. The van der Waals surface area contributed by atoms with Gasteiger partial charge >= 0.3 is 0 Å². The van der Waals surface area contributed by atoms with Crippen LogP contribution in [0.3, 0.4) is 0 Å². The normalized spacial score (nSPS) is 9.92. The van der Waals surface area contributed by atoms with Crippen molar-refractivity contribution in [3.63, 3.8) is 0 Å². The molecule has 0 saturated heterocycles. The quantitative estimate of drug-likeness (QED) is 0.699. The van der Waals surface area contributed by atoms with Crippen molar-refractivity contribution in [2.75, 3.05) is 23.9 Å². The molecule has 0 atom stereocenters. The van der Waals surface area contributed by atoms with Gasteiger partial charge in [0, 0.05) is 12.2 Å². The van der Waals surface area contributed by atoms with E-state index in [9.17, 15) is 0 Å². The minimum Gasteiger partial charge on any atom is -0.385 e. The number of hydrogen-bond acceptors (Lipinski definition) is 2. The van der Waals surface area contributed by atoms with Gasteiger partial charge in [0.25, 0.3) is 0 Å². The van der Waals surface area contributed by atoms with Crippen LogP contribution in [0, 0.1) is 0 Å². The summed E-state index contributed by atoms with van der Waals surface area (Å²) in [5.41, 5.74) is 1.23. The van der Waals surface area contributed by atoms with Crippen LogP contribution in [-0.4, -0.2) is 18.6 Å². The van der Waals surface area contributed by atoms with E-state index in [4.69, 9.17) is 0 Å². The molecule has 0 aliphatic carbocycles. The molecule has 1 nitrogen and oxygen atoms in total. The van der Waals surface area contributed by atoms with E-state index in [1.165, 1.54) is 24.3 Å². The van der Waals surface area contributed by atoms with E-state index >= 15 is 0 Å². The van der Waals surface area contributed by atoms with Crippen molar-refractivity contribution >= 4 is 17.4 Å². The highest BCUT2D eigenvalue weighted by atomic mass is 32.2. The first-order valence-corrected chi connectivity index (χ1v) is 6.11. The van der Waals surface area contributed by atoms with E-state index in [1.54, 1.807) is 0 Å². The van der Waals surface area contributed by atoms with E-state index in [-0.39, 0.29) is 0 Å². The maximum absolute atomic E-state index is 3.39. The standard InChI is InChI=1S/C11H17NS/c1-13-10-6-5-9-12-11-7-3-2-4-8-11/h2-4,7-8,12H,5-6,9-10H2,1H3. The molecule has 0 amide bonds. The number of nitrogens with one attached hydrogen (secondary N) is 1. The molecule has 0 saturated carbocycles. The topological polar surface area (TPSA) is 12.0 Å². The smallest absolute Gasteiger partial charge is 0.0340 e. The Balaban J connectivity index is 2.07. The fourth-order valence-electron chi connectivity index (χ4n) is 1.16. The largest absolute Gasteiger partial charge is 0.385 e. The third kappa shape index (κ3) is 4.83. The van der Waals surface area contributed by atoms with Crippen LogP contribution in [0.25, 0.3) is 0 Å². The zero-order chi connectivity index (χ0) is 9.36. The second kappa shape index (κ2) is 6.84. The van der Waals surface area contributed by atoms with Gasteiger partial charge in [-0.1, -0.05) is 18.2 Å². The molecule has 2 heteroatoms. The molecule has 0 aliphatic rings. The van der Waals surface area contributed by atoms with Crippen molar-refractivity contribution in [1.82, 2.24) is 0 Å². The fraction of sp³-hybridized carbons (Fsp3) is 0.455. The Bertz CT molecular complexity index is 211. The van der Waals surface area contributed by atoms with E-state index in [1.807, 2.05) is 17.8 Å². The molecule has 1 aromatic carbocycles. The summed E-state index contributed by atoms with van der Waals surface area (Å²) in [5.74, 6) is 1.27. The summed E-state index contributed by atoms with van der Waals surface area (Å²) in [6.45, 7) is 1.09. The van der Waals surface area contributed by atoms with Crippen LogP contribution in [0.5, 0.6) is 0 Å². The lowest BCUT2D eigenvalue weighted by Crippen LogP contribution is -2.01. The second-order valence-electron chi connectivity index (χ2n) is 2.99. The van der Waals surface area contributed by atoms with Crippen LogP contribution in [0.1, 0.15) is 12.8 Å². The predicted molar refractivity (Wildman–Crippen MR) is 62.5 cm³/mol. The van der Waals surface area contributed by atoms with Crippen LogP contribution in [0.2, 0.25) is 0 Å². The molecule has 0 fully saturated rings. The molecule has 13 heavy (non-hydrogen) atoms. The van der Waals surface area contributed by atoms with Gasteiger partial charge in [-0.2, -0.15) is 11.8 Å². The van der Waals surface area contributed by atoms with Crippen molar-refractivity contribution in [3.8, 4) is 0 Å². The van der Waals surface area contributed by atoms with Gasteiger partial charge in [-0.05, 0) is 37.0 Å². The highest BCUT2D eigenvalue weighted by Gasteiger charge is 1.89. The van der Waals surface area contributed by atoms with E-state index in [2.05, 4.69) is 35.8 Å². The van der Waals surface area contributed by atoms with Crippen LogP contribution >= 0.6 is 11.8 Å². The maximum Gasteiger partial charge on any atom is 0.0340 e. The Morgan fingerprint density at radius 1 is 1.15 bits per heavy atom.